The van der Waals surface area contributed by atoms with Crippen LogP contribution in [0.3, 0.4) is 0 Å². The number of nitrogens with one attached hydrogen (secondary N) is 1. The van der Waals surface area contributed by atoms with Crippen LogP contribution in [-0.2, 0) is 26.7 Å². The second kappa shape index (κ2) is 11.9. The number of aryl methyl sites for hydroxylation is 1. The Balaban J connectivity index is 0.00000364. The molecule has 1 amide bonds. The molecule has 12 heteroatoms. The fourth-order valence-electron chi connectivity index (χ4n) is 8.41. The van der Waals surface area contributed by atoms with E-state index in [0.29, 0.717) is 46.4 Å². The maximum atomic E-state index is 16.3. The number of halogens is 3. The molecule has 1 saturated carbocycles. The van der Waals surface area contributed by atoms with Crippen LogP contribution in [0.2, 0.25) is 10.0 Å². The Morgan fingerprint density at radius 3 is 2.65 bits per heavy atom. The number of likely N-dealkylation sites (tertiary alicyclic amines) is 1. The van der Waals surface area contributed by atoms with E-state index >= 15 is 4.39 Å². The first-order chi connectivity index (χ1) is 22.5. The molecule has 252 valence electrons. The summed E-state index contributed by atoms with van der Waals surface area (Å²) in [6.07, 6.45) is 4.41. The highest BCUT2D eigenvalue weighted by atomic mass is 35.5. The number of amides is 1. The number of anilines is 1. The van der Waals surface area contributed by atoms with Gasteiger partial charge in [-0.3, -0.25) is 14.5 Å². The SMILES string of the molecule is C.CS(=O)(=O)CCCC(=O)c1ccc2c(c1)nc1n2CC[C@H]2[C@@H]1[C@H](c1cccc(Cl)c1F)[C@]1(C(=O)Nc3cc(Cl)ccc31)N2CC1CC1. The van der Waals surface area contributed by atoms with Crippen LogP contribution in [0, 0.1) is 11.7 Å². The van der Waals surface area contributed by atoms with Crippen LogP contribution in [0.5, 0.6) is 0 Å². The normalized spacial score (nSPS) is 24.7. The highest BCUT2D eigenvalue weighted by Gasteiger charge is 2.69. The fourth-order valence-corrected chi connectivity index (χ4v) is 9.43. The van der Waals surface area contributed by atoms with Gasteiger partial charge in [0.2, 0.25) is 5.91 Å². The summed E-state index contributed by atoms with van der Waals surface area (Å²) in [5.74, 6) is -0.801. The van der Waals surface area contributed by atoms with Gasteiger partial charge in [-0.05, 0) is 73.6 Å². The van der Waals surface area contributed by atoms with Crippen molar-refractivity contribution in [3.05, 3.63) is 93.0 Å². The van der Waals surface area contributed by atoms with E-state index in [1.54, 1.807) is 36.4 Å². The van der Waals surface area contributed by atoms with Gasteiger partial charge in [-0.25, -0.2) is 17.8 Å². The van der Waals surface area contributed by atoms with Gasteiger partial charge in [0.15, 0.2) is 5.78 Å². The van der Waals surface area contributed by atoms with E-state index in [1.165, 1.54) is 6.07 Å². The molecule has 48 heavy (non-hydrogen) atoms. The zero-order valence-corrected chi connectivity index (χ0v) is 28.0. The monoisotopic (exact) mass is 710 g/mol. The Labute approximate surface area is 289 Å². The van der Waals surface area contributed by atoms with Gasteiger partial charge in [0, 0.05) is 65.5 Å². The molecule has 0 radical (unpaired) electrons. The Morgan fingerprint density at radius 1 is 1.10 bits per heavy atom. The summed E-state index contributed by atoms with van der Waals surface area (Å²) in [6, 6.07) is 15.7. The number of sulfone groups is 1. The maximum Gasteiger partial charge on any atom is 0.250 e. The van der Waals surface area contributed by atoms with Crippen LogP contribution >= 0.6 is 23.2 Å². The Kier molecular flexibility index (Phi) is 8.25. The van der Waals surface area contributed by atoms with E-state index in [1.807, 2.05) is 12.1 Å². The predicted molar refractivity (Wildman–Crippen MR) is 186 cm³/mol. The van der Waals surface area contributed by atoms with Gasteiger partial charge >= 0.3 is 0 Å². The largest absolute Gasteiger partial charge is 0.328 e. The van der Waals surface area contributed by atoms with Crippen LogP contribution in [0.25, 0.3) is 11.0 Å². The molecule has 3 aliphatic heterocycles. The zero-order chi connectivity index (χ0) is 32.8. The average Bonchev–Trinajstić information content (AvgIpc) is 3.61. The molecule has 3 aromatic carbocycles. The molecule has 1 aliphatic carbocycles. The molecule has 2 fully saturated rings. The molecule has 1 spiro atoms. The Bertz CT molecular complexity index is 2100. The summed E-state index contributed by atoms with van der Waals surface area (Å²) in [6.45, 7) is 1.34. The number of carbonyl (C=O) groups excluding carboxylic acids is 2. The number of nitrogens with zero attached hydrogens (tertiary/aromatic N) is 3. The fraction of sp³-hybridized carbons (Fsp3) is 0.417. The summed E-state index contributed by atoms with van der Waals surface area (Å²) >= 11 is 12.8. The molecule has 4 heterocycles. The van der Waals surface area contributed by atoms with Crippen LogP contribution < -0.4 is 5.32 Å². The lowest BCUT2D eigenvalue weighted by molar-refractivity contribution is -0.128. The number of hydrogen-bond donors (Lipinski definition) is 1. The van der Waals surface area contributed by atoms with Crippen molar-refractivity contribution in [2.45, 2.75) is 69.5 Å². The highest BCUT2D eigenvalue weighted by molar-refractivity contribution is 7.90. The van der Waals surface area contributed by atoms with E-state index in [-0.39, 0.29) is 54.7 Å². The topological polar surface area (TPSA) is 101 Å². The molecule has 4 atom stereocenters. The standard InChI is InChI=1S/C35H33Cl2FN4O4S.CH4/c1-47(45,46)15-3-6-29(43)20-9-12-27-26(16-20)39-33-30-28(13-14-41(27)33)42(18-19-7-8-19)35(31(30)22-4-2-5-24(37)32(22)38)23-11-10-21(36)17-25(23)40-34(35)44;/h2,4-5,9-12,16-17,19,28,30-31H,3,6-8,13-15,18H2,1H3,(H,40,44);1H4/t28-,30+,31-,35+;/m0./s1. The maximum absolute atomic E-state index is 16.3. The van der Waals surface area contributed by atoms with Crippen molar-refractivity contribution >= 4 is 61.5 Å². The van der Waals surface area contributed by atoms with E-state index in [4.69, 9.17) is 28.2 Å². The molecule has 1 aromatic heterocycles. The van der Waals surface area contributed by atoms with Crippen LogP contribution in [0.1, 0.15) is 78.7 Å². The molecule has 1 saturated heterocycles. The predicted octanol–water partition coefficient (Wildman–Crippen LogP) is 7.34. The summed E-state index contributed by atoms with van der Waals surface area (Å²) in [7, 11) is -3.17. The van der Waals surface area contributed by atoms with Crippen LogP contribution in [0.4, 0.5) is 10.1 Å². The minimum atomic E-state index is -3.17. The van der Waals surface area contributed by atoms with Crippen molar-refractivity contribution in [2.75, 3.05) is 23.9 Å². The number of benzene rings is 3. The van der Waals surface area contributed by atoms with Gasteiger partial charge in [-0.1, -0.05) is 48.8 Å². The first-order valence-electron chi connectivity index (χ1n) is 16.0. The number of aromatic nitrogens is 2. The van der Waals surface area contributed by atoms with E-state index in [2.05, 4.69) is 14.8 Å². The third-order valence-corrected chi connectivity index (χ3v) is 12.1. The first-order valence-corrected chi connectivity index (χ1v) is 18.8. The minimum absolute atomic E-state index is 0. The Hall–Kier alpha value is -3.31. The highest BCUT2D eigenvalue weighted by Crippen LogP contribution is 2.64. The zero-order valence-electron chi connectivity index (χ0n) is 25.7. The lowest BCUT2D eigenvalue weighted by Gasteiger charge is -2.40. The lowest BCUT2D eigenvalue weighted by atomic mass is 9.70. The van der Waals surface area contributed by atoms with E-state index < -0.39 is 27.1 Å². The second-order valence-corrected chi connectivity index (χ2v) is 16.6. The van der Waals surface area contributed by atoms with Crippen molar-refractivity contribution in [1.29, 1.82) is 0 Å². The van der Waals surface area contributed by atoms with E-state index in [0.717, 1.165) is 42.4 Å². The van der Waals surface area contributed by atoms with Gasteiger partial charge in [-0.15, -0.1) is 0 Å². The molecule has 0 bridgehead atoms. The van der Waals surface area contributed by atoms with Crippen molar-refractivity contribution in [1.82, 2.24) is 14.5 Å². The van der Waals surface area contributed by atoms with Gasteiger partial charge < -0.3 is 9.88 Å². The van der Waals surface area contributed by atoms with Gasteiger partial charge in [0.05, 0.1) is 21.8 Å². The van der Waals surface area contributed by atoms with Crippen LogP contribution in [0.15, 0.2) is 54.6 Å². The number of imidazole rings is 1. The first kappa shape index (κ1) is 33.2. The number of fused-ring (bicyclic) bond motifs is 7. The number of ketones is 1. The number of carbonyl (C=O) groups is 2. The smallest absolute Gasteiger partial charge is 0.250 e. The summed E-state index contributed by atoms with van der Waals surface area (Å²) < 4.78 is 41.6. The van der Waals surface area contributed by atoms with Crippen molar-refractivity contribution in [3.63, 3.8) is 0 Å². The molecule has 4 aromatic rings. The average molecular weight is 712 g/mol. The van der Waals surface area contributed by atoms with Crippen molar-refractivity contribution in [3.8, 4) is 0 Å². The number of Topliss-reactive ketones (excluding diaryl/α,β-unsaturated/α-hetero) is 1. The molecule has 0 unspecified atom stereocenters. The molecule has 8 rings (SSSR count). The molecule has 8 nitrogen and oxygen atoms in total. The van der Waals surface area contributed by atoms with Gasteiger partial charge in [-0.2, -0.15) is 0 Å². The van der Waals surface area contributed by atoms with Gasteiger partial charge in [0.25, 0.3) is 0 Å². The van der Waals surface area contributed by atoms with Gasteiger partial charge in [0.1, 0.15) is 27.0 Å². The minimum Gasteiger partial charge on any atom is -0.328 e. The summed E-state index contributed by atoms with van der Waals surface area (Å²) in [4.78, 5) is 35.1. The third kappa shape index (κ3) is 5.18. The van der Waals surface area contributed by atoms with Crippen molar-refractivity contribution in [2.24, 2.45) is 5.92 Å². The molecular formula is C36H37Cl2FN4O4S. The lowest BCUT2D eigenvalue weighted by Crippen LogP contribution is -2.53. The summed E-state index contributed by atoms with van der Waals surface area (Å²) in [5, 5.41) is 3.60. The Morgan fingerprint density at radius 2 is 1.90 bits per heavy atom. The van der Waals surface area contributed by atoms with E-state index in [9.17, 15) is 18.0 Å². The summed E-state index contributed by atoms with van der Waals surface area (Å²) in [5.41, 5.74) is 2.50. The molecular weight excluding hydrogens is 674 g/mol. The molecule has 1 N–H and O–H groups in total. The second-order valence-electron chi connectivity index (χ2n) is 13.5. The van der Waals surface area contributed by atoms with Crippen molar-refractivity contribution < 1.29 is 22.4 Å². The number of hydrogen-bond acceptors (Lipinski definition) is 6. The van der Waals surface area contributed by atoms with Crippen LogP contribution in [-0.4, -0.2) is 59.2 Å². The quantitative estimate of drug-likeness (QED) is 0.192. The third-order valence-electron chi connectivity index (χ3n) is 10.5. The number of rotatable bonds is 8. The molecule has 4 aliphatic rings.